The Hall–Kier alpha value is -2.06. The molecule has 24 heavy (non-hydrogen) atoms. The van der Waals surface area contributed by atoms with E-state index in [1.807, 2.05) is 42.5 Å². The molecule has 4 nitrogen and oxygen atoms in total. The highest BCUT2D eigenvalue weighted by Gasteiger charge is 2.41. The second kappa shape index (κ2) is 6.45. The van der Waals surface area contributed by atoms with Crippen molar-refractivity contribution in [1.29, 1.82) is 5.26 Å². The van der Waals surface area contributed by atoms with Crippen LogP contribution >= 0.6 is 11.6 Å². The number of hydrogen-bond acceptors (Lipinski definition) is 4. The van der Waals surface area contributed by atoms with Crippen molar-refractivity contribution in [3.63, 3.8) is 0 Å². The second-order valence-corrected chi connectivity index (χ2v) is 6.43. The number of nitriles is 1. The number of nitrogens with zero attached hydrogens (tertiary/aromatic N) is 1. The van der Waals surface area contributed by atoms with Crippen LogP contribution in [0.5, 0.6) is 0 Å². The van der Waals surface area contributed by atoms with Gasteiger partial charge in [0.2, 0.25) is 0 Å². The largest absolute Gasteiger partial charge is 0.375 e. The molecule has 1 saturated heterocycles. The van der Waals surface area contributed by atoms with Crippen LogP contribution in [-0.2, 0) is 15.9 Å². The first-order valence-electron chi connectivity index (χ1n) is 8.02. The van der Waals surface area contributed by atoms with Gasteiger partial charge in [0.25, 0.3) is 0 Å². The summed E-state index contributed by atoms with van der Waals surface area (Å²) in [4.78, 5) is 0. The van der Waals surface area contributed by atoms with E-state index in [0.29, 0.717) is 24.7 Å². The number of ether oxygens (including phenoxy) is 2. The predicted molar refractivity (Wildman–Crippen MR) is 92.0 cm³/mol. The number of nitrogens with one attached hydrogen (secondary N) is 1. The van der Waals surface area contributed by atoms with E-state index >= 15 is 0 Å². The molecule has 4 rings (SSSR count). The topological polar surface area (TPSA) is 54.3 Å². The third-order valence-corrected chi connectivity index (χ3v) is 4.92. The molecule has 5 heteroatoms. The normalized spacial score (nSPS) is 25.1. The Morgan fingerprint density at radius 1 is 1.12 bits per heavy atom. The first kappa shape index (κ1) is 15.5. The maximum absolute atomic E-state index is 8.94. The summed E-state index contributed by atoms with van der Waals surface area (Å²) >= 11 is 6.41. The van der Waals surface area contributed by atoms with Crippen molar-refractivity contribution in [1.82, 2.24) is 0 Å². The SMILES string of the molecule is N#CCc1ccc2c(c1)C1OCCOC1C(c1ccccc1Cl)N2. The van der Waals surface area contributed by atoms with Gasteiger partial charge in [0.05, 0.1) is 31.7 Å². The van der Waals surface area contributed by atoms with Crippen molar-refractivity contribution in [2.45, 2.75) is 24.7 Å². The number of hydrogen-bond donors (Lipinski definition) is 1. The van der Waals surface area contributed by atoms with Gasteiger partial charge < -0.3 is 14.8 Å². The van der Waals surface area contributed by atoms with Crippen LogP contribution in [0.15, 0.2) is 42.5 Å². The number of benzene rings is 2. The third kappa shape index (κ3) is 2.65. The van der Waals surface area contributed by atoms with Gasteiger partial charge >= 0.3 is 0 Å². The minimum atomic E-state index is -0.157. The van der Waals surface area contributed by atoms with Crippen LogP contribution in [-0.4, -0.2) is 19.3 Å². The number of fused-ring (bicyclic) bond motifs is 3. The lowest BCUT2D eigenvalue weighted by atomic mass is 9.86. The van der Waals surface area contributed by atoms with Gasteiger partial charge in [-0.2, -0.15) is 5.26 Å². The first-order valence-corrected chi connectivity index (χ1v) is 8.39. The van der Waals surface area contributed by atoms with E-state index in [9.17, 15) is 0 Å². The summed E-state index contributed by atoms with van der Waals surface area (Å²) in [7, 11) is 0. The molecule has 0 aliphatic carbocycles. The lowest BCUT2D eigenvalue weighted by Gasteiger charge is -2.43. The highest BCUT2D eigenvalue weighted by molar-refractivity contribution is 6.31. The van der Waals surface area contributed by atoms with E-state index in [1.54, 1.807) is 0 Å². The zero-order chi connectivity index (χ0) is 16.5. The molecule has 0 spiro atoms. The maximum Gasteiger partial charge on any atom is 0.113 e. The molecule has 2 aliphatic heterocycles. The van der Waals surface area contributed by atoms with E-state index in [1.165, 1.54) is 0 Å². The second-order valence-electron chi connectivity index (χ2n) is 6.03. The van der Waals surface area contributed by atoms with Gasteiger partial charge in [-0.05, 0) is 29.3 Å². The highest BCUT2D eigenvalue weighted by Crippen LogP contribution is 2.45. The molecular weight excluding hydrogens is 324 g/mol. The molecule has 0 saturated carbocycles. The van der Waals surface area contributed by atoms with Gasteiger partial charge in [-0.1, -0.05) is 35.9 Å². The van der Waals surface area contributed by atoms with Gasteiger partial charge in [-0.15, -0.1) is 0 Å². The van der Waals surface area contributed by atoms with E-state index < -0.39 is 0 Å². The molecule has 122 valence electrons. The predicted octanol–water partition coefficient (Wildman–Crippen LogP) is 4.03. The molecule has 1 fully saturated rings. The van der Waals surface area contributed by atoms with Crippen molar-refractivity contribution < 1.29 is 9.47 Å². The van der Waals surface area contributed by atoms with E-state index in [4.69, 9.17) is 26.3 Å². The Morgan fingerprint density at radius 3 is 2.79 bits per heavy atom. The minimum Gasteiger partial charge on any atom is -0.375 e. The van der Waals surface area contributed by atoms with E-state index in [0.717, 1.165) is 22.4 Å². The molecule has 3 unspecified atom stereocenters. The summed E-state index contributed by atoms with van der Waals surface area (Å²) in [5, 5.41) is 13.2. The van der Waals surface area contributed by atoms with Crippen LogP contribution in [0, 0.1) is 11.3 Å². The van der Waals surface area contributed by atoms with Crippen LogP contribution in [0.2, 0.25) is 5.02 Å². The van der Waals surface area contributed by atoms with Crippen LogP contribution in [0.4, 0.5) is 5.69 Å². The first-order chi connectivity index (χ1) is 11.8. The summed E-state index contributed by atoms with van der Waals surface area (Å²) in [5.74, 6) is 0. The molecule has 0 bridgehead atoms. The zero-order valence-electron chi connectivity index (χ0n) is 13.0. The van der Waals surface area contributed by atoms with Gasteiger partial charge in [-0.25, -0.2) is 0 Å². The summed E-state index contributed by atoms with van der Waals surface area (Å²) in [6.45, 7) is 1.13. The molecule has 0 amide bonds. The zero-order valence-corrected chi connectivity index (χ0v) is 13.8. The lowest BCUT2D eigenvalue weighted by molar-refractivity contribution is -0.151. The van der Waals surface area contributed by atoms with Gasteiger partial charge in [-0.3, -0.25) is 0 Å². The monoisotopic (exact) mass is 340 g/mol. The summed E-state index contributed by atoms with van der Waals surface area (Å²) in [6.07, 6.45) is 0.0813. The van der Waals surface area contributed by atoms with E-state index in [-0.39, 0.29) is 18.2 Å². The Labute approximate surface area is 146 Å². The van der Waals surface area contributed by atoms with Crippen molar-refractivity contribution in [2.24, 2.45) is 0 Å². The van der Waals surface area contributed by atoms with Gasteiger partial charge in [0.15, 0.2) is 0 Å². The minimum absolute atomic E-state index is 0.0710. The molecule has 0 radical (unpaired) electrons. The molecule has 2 aliphatic rings. The van der Waals surface area contributed by atoms with Crippen molar-refractivity contribution >= 4 is 17.3 Å². The standard InChI is InChI=1S/C19H17ClN2O2/c20-15-4-2-1-3-13(15)17-19-18(23-9-10-24-19)14-11-12(7-8-21)5-6-16(14)22-17/h1-6,11,17-19,22H,7,9-10H2. The van der Waals surface area contributed by atoms with Crippen molar-refractivity contribution in [3.8, 4) is 6.07 Å². The number of halogens is 1. The quantitative estimate of drug-likeness (QED) is 0.896. The van der Waals surface area contributed by atoms with Crippen LogP contribution in [0.1, 0.15) is 28.8 Å². The van der Waals surface area contributed by atoms with Gasteiger partial charge in [0, 0.05) is 16.3 Å². The summed E-state index contributed by atoms with van der Waals surface area (Å²) in [5.41, 5.74) is 4.05. The number of anilines is 1. The van der Waals surface area contributed by atoms with Gasteiger partial charge in [0.1, 0.15) is 12.2 Å². The average Bonchev–Trinajstić information content (AvgIpc) is 2.62. The van der Waals surface area contributed by atoms with Crippen molar-refractivity contribution in [2.75, 3.05) is 18.5 Å². The Kier molecular flexibility index (Phi) is 4.15. The summed E-state index contributed by atoms with van der Waals surface area (Å²) in [6, 6.07) is 16.0. The fourth-order valence-electron chi connectivity index (χ4n) is 3.49. The molecule has 2 aromatic rings. The third-order valence-electron chi connectivity index (χ3n) is 4.57. The Bertz CT molecular complexity index is 802. The molecular formula is C19H17ClN2O2. The Morgan fingerprint density at radius 2 is 1.96 bits per heavy atom. The molecule has 2 heterocycles. The highest BCUT2D eigenvalue weighted by atomic mass is 35.5. The van der Waals surface area contributed by atoms with Crippen molar-refractivity contribution in [3.05, 3.63) is 64.2 Å². The molecule has 1 N–H and O–H groups in total. The van der Waals surface area contributed by atoms with Crippen LogP contribution in [0.25, 0.3) is 0 Å². The Balaban J connectivity index is 1.77. The fourth-order valence-corrected chi connectivity index (χ4v) is 3.74. The fraction of sp³-hybridized carbons (Fsp3) is 0.316. The summed E-state index contributed by atoms with van der Waals surface area (Å²) < 4.78 is 12.1. The molecule has 0 aromatic heterocycles. The average molecular weight is 341 g/mol. The molecule has 3 atom stereocenters. The van der Waals surface area contributed by atoms with E-state index in [2.05, 4.69) is 11.4 Å². The smallest absolute Gasteiger partial charge is 0.113 e. The van der Waals surface area contributed by atoms with Crippen LogP contribution < -0.4 is 5.32 Å². The number of rotatable bonds is 2. The maximum atomic E-state index is 8.94. The van der Waals surface area contributed by atoms with Crippen LogP contribution in [0.3, 0.4) is 0 Å². The lowest BCUT2D eigenvalue weighted by Crippen LogP contribution is -2.43. The molecule has 2 aromatic carbocycles.